The lowest BCUT2D eigenvalue weighted by atomic mass is 10.1. The van der Waals surface area contributed by atoms with E-state index in [1.54, 1.807) is 18.2 Å². The number of hydrogen-bond acceptors (Lipinski definition) is 7. The first kappa shape index (κ1) is 35.9. The average Bonchev–Trinajstić information content (AvgIpc) is 2.97. The number of nitrogens with one attached hydrogen (secondary N) is 1. The standard InChI is InChI=1S/C30H33Cl3N4O7S/c1-18(2)15-34-30(39)20(4)35(16-23-24(32)7-6-8-25(23)33)29(38)17-36(27-13-21(31)10-12-28(27)44-5)45(42,43)22-11-9-19(3)26(14-22)37(40)41/h6-14,18,20H,15-17H2,1-5H3,(H,34,39)/t20-/m1/s1. The predicted molar refractivity (Wildman–Crippen MR) is 175 cm³/mol. The van der Waals surface area contributed by atoms with Crippen LogP contribution < -0.4 is 14.4 Å². The zero-order valence-corrected chi connectivity index (χ0v) is 28.3. The van der Waals surface area contributed by atoms with E-state index in [4.69, 9.17) is 39.5 Å². The number of nitrogens with zero attached hydrogens (tertiary/aromatic N) is 3. The minimum atomic E-state index is -4.67. The Balaban J connectivity index is 2.18. The summed E-state index contributed by atoms with van der Waals surface area (Å²) in [5.74, 6) is -1.10. The van der Waals surface area contributed by atoms with Gasteiger partial charge in [-0.3, -0.25) is 24.0 Å². The lowest BCUT2D eigenvalue weighted by Gasteiger charge is -2.33. The van der Waals surface area contributed by atoms with Gasteiger partial charge in [0.05, 0.1) is 22.6 Å². The fourth-order valence-electron chi connectivity index (χ4n) is 4.33. The normalized spacial score (nSPS) is 12.0. The first-order valence-corrected chi connectivity index (χ1v) is 16.3. The lowest BCUT2D eigenvalue weighted by Crippen LogP contribution is -2.51. The molecule has 1 N–H and O–H groups in total. The van der Waals surface area contributed by atoms with Gasteiger partial charge in [-0.2, -0.15) is 0 Å². The summed E-state index contributed by atoms with van der Waals surface area (Å²) in [6.45, 7) is 6.06. The molecule has 11 nitrogen and oxygen atoms in total. The van der Waals surface area contributed by atoms with Crippen LogP contribution in [-0.4, -0.2) is 56.3 Å². The van der Waals surface area contributed by atoms with Gasteiger partial charge < -0.3 is 15.0 Å². The molecule has 0 spiro atoms. The van der Waals surface area contributed by atoms with E-state index in [1.165, 1.54) is 56.2 Å². The van der Waals surface area contributed by atoms with Gasteiger partial charge in [-0.1, -0.05) is 60.8 Å². The SMILES string of the molecule is COc1ccc(Cl)cc1N(CC(=O)N(Cc1c(Cl)cccc1Cl)[C@H](C)C(=O)NCC(C)C)S(=O)(=O)c1ccc(C)c([N+](=O)[O-])c1. The summed E-state index contributed by atoms with van der Waals surface area (Å²) in [6, 6.07) is 11.3. The summed E-state index contributed by atoms with van der Waals surface area (Å²) >= 11 is 19.1. The Labute approximate surface area is 277 Å². The second-order valence-corrected chi connectivity index (χ2v) is 13.7. The number of hydrogen-bond donors (Lipinski definition) is 1. The lowest BCUT2D eigenvalue weighted by molar-refractivity contribution is -0.385. The van der Waals surface area contributed by atoms with Crippen molar-refractivity contribution in [2.45, 2.75) is 45.2 Å². The maximum atomic E-state index is 14.2. The molecule has 0 aliphatic rings. The first-order valence-electron chi connectivity index (χ1n) is 13.7. The predicted octanol–water partition coefficient (Wildman–Crippen LogP) is 6.26. The van der Waals surface area contributed by atoms with Gasteiger partial charge in [0.2, 0.25) is 11.8 Å². The van der Waals surface area contributed by atoms with Gasteiger partial charge in [0.25, 0.3) is 15.7 Å². The smallest absolute Gasteiger partial charge is 0.273 e. The van der Waals surface area contributed by atoms with E-state index < -0.39 is 49.9 Å². The van der Waals surface area contributed by atoms with Crippen LogP contribution >= 0.6 is 34.8 Å². The molecule has 15 heteroatoms. The van der Waals surface area contributed by atoms with Crippen molar-refractivity contribution in [2.75, 3.05) is 24.5 Å². The van der Waals surface area contributed by atoms with E-state index >= 15 is 0 Å². The highest BCUT2D eigenvalue weighted by Crippen LogP contribution is 2.36. The minimum absolute atomic E-state index is 0.0563. The Hall–Kier alpha value is -3.58. The van der Waals surface area contributed by atoms with E-state index in [1.807, 2.05) is 13.8 Å². The molecule has 0 fully saturated rings. The van der Waals surface area contributed by atoms with Crippen LogP contribution in [0.15, 0.2) is 59.5 Å². The minimum Gasteiger partial charge on any atom is -0.495 e. The van der Waals surface area contributed by atoms with Crippen LogP contribution in [0, 0.1) is 23.0 Å². The number of rotatable bonds is 13. The molecule has 3 aromatic rings. The van der Waals surface area contributed by atoms with E-state index in [0.29, 0.717) is 12.1 Å². The molecule has 3 rings (SSSR count). The molecule has 2 amide bonds. The highest BCUT2D eigenvalue weighted by atomic mass is 35.5. The van der Waals surface area contributed by atoms with Crippen molar-refractivity contribution < 1.29 is 27.7 Å². The topological polar surface area (TPSA) is 139 Å². The van der Waals surface area contributed by atoms with Gasteiger partial charge in [0, 0.05) is 45.4 Å². The number of carbonyl (C=O) groups is 2. The molecule has 242 valence electrons. The van der Waals surface area contributed by atoms with E-state index in [9.17, 15) is 28.1 Å². The number of aryl methyl sites for hydroxylation is 1. The summed E-state index contributed by atoms with van der Waals surface area (Å²) in [5.41, 5.74) is 0.0626. The highest BCUT2D eigenvalue weighted by Gasteiger charge is 2.35. The van der Waals surface area contributed by atoms with E-state index in [0.717, 1.165) is 10.4 Å². The van der Waals surface area contributed by atoms with Gasteiger partial charge >= 0.3 is 0 Å². The molecule has 0 aliphatic heterocycles. The number of nitro groups is 1. The van der Waals surface area contributed by atoms with Crippen molar-refractivity contribution in [3.8, 4) is 5.75 Å². The van der Waals surface area contributed by atoms with Crippen molar-refractivity contribution in [1.82, 2.24) is 10.2 Å². The number of carbonyl (C=O) groups excluding carboxylic acids is 2. The molecular weight excluding hydrogens is 667 g/mol. The third-order valence-corrected chi connectivity index (χ3v) is 9.59. The van der Waals surface area contributed by atoms with Crippen LogP contribution in [0.5, 0.6) is 5.75 Å². The van der Waals surface area contributed by atoms with Crippen LogP contribution in [0.4, 0.5) is 11.4 Å². The third kappa shape index (κ3) is 8.57. The Kier molecular flexibility index (Phi) is 12.1. The molecule has 3 aromatic carbocycles. The van der Waals surface area contributed by atoms with Gasteiger partial charge in [0.15, 0.2) is 0 Å². The number of amides is 2. The van der Waals surface area contributed by atoms with Crippen LogP contribution in [0.25, 0.3) is 0 Å². The quantitative estimate of drug-likeness (QED) is 0.164. The van der Waals surface area contributed by atoms with Crippen LogP contribution in [0.2, 0.25) is 15.1 Å². The summed E-state index contributed by atoms with van der Waals surface area (Å²) in [7, 11) is -3.36. The molecule has 0 bridgehead atoms. The second kappa shape index (κ2) is 15.1. The molecular formula is C30H33Cl3N4O7S. The molecule has 0 saturated carbocycles. The first-order chi connectivity index (χ1) is 21.1. The summed E-state index contributed by atoms with van der Waals surface area (Å²) < 4.78 is 34.6. The van der Waals surface area contributed by atoms with E-state index in [2.05, 4.69) is 5.32 Å². The van der Waals surface area contributed by atoms with Crippen molar-refractivity contribution in [2.24, 2.45) is 5.92 Å². The Morgan fingerprint density at radius 2 is 1.67 bits per heavy atom. The summed E-state index contributed by atoms with van der Waals surface area (Å²) in [6.07, 6.45) is 0. The van der Waals surface area contributed by atoms with E-state index in [-0.39, 0.29) is 44.5 Å². The molecule has 1 atom stereocenters. The molecule has 0 aliphatic carbocycles. The molecule has 0 unspecified atom stereocenters. The Morgan fingerprint density at radius 3 is 2.24 bits per heavy atom. The maximum absolute atomic E-state index is 14.2. The number of nitro benzene ring substituents is 1. The number of sulfonamides is 1. The summed E-state index contributed by atoms with van der Waals surface area (Å²) in [4.78, 5) is 39.1. The van der Waals surface area contributed by atoms with Gasteiger partial charge in [-0.05, 0) is 56.2 Å². The molecule has 0 saturated heterocycles. The van der Waals surface area contributed by atoms with Crippen molar-refractivity contribution in [3.05, 3.63) is 90.9 Å². The molecule has 0 heterocycles. The zero-order chi connectivity index (χ0) is 33.6. The van der Waals surface area contributed by atoms with Gasteiger partial charge in [-0.15, -0.1) is 0 Å². The molecule has 0 aromatic heterocycles. The summed E-state index contributed by atoms with van der Waals surface area (Å²) in [5, 5.41) is 15.1. The Bertz CT molecular complexity index is 1680. The maximum Gasteiger partial charge on any atom is 0.273 e. The zero-order valence-electron chi connectivity index (χ0n) is 25.2. The highest BCUT2D eigenvalue weighted by molar-refractivity contribution is 7.92. The number of methoxy groups -OCH3 is 1. The average molecular weight is 700 g/mol. The number of halogens is 3. The largest absolute Gasteiger partial charge is 0.495 e. The van der Waals surface area contributed by atoms with Crippen molar-refractivity contribution >= 4 is 68.0 Å². The monoisotopic (exact) mass is 698 g/mol. The number of benzene rings is 3. The van der Waals surface area contributed by atoms with Crippen LogP contribution in [0.3, 0.4) is 0 Å². The van der Waals surface area contributed by atoms with Gasteiger partial charge in [0.1, 0.15) is 18.3 Å². The van der Waals surface area contributed by atoms with Crippen molar-refractivity contribution in [1.29, 1.82) is 0 Å². The van der Waals surface area contributed by atoms with Crippen LogP contribution in [0.1, 0.15) is 31.9 Å². The van der Waals surface area contributed by atoms with Gasteiger partial charge in [-0.25, -0.2) is 8.42 Å². The van der Waals surface area contributed by atoms with Crippen molar-refractivity contribution in [3.63, 3.8) is 0 Å². The second-order valence-electron chi connectivity index (χ2n) is 10.6. The molecule has 45 heavy (non-hydrogen) atoms. The number of ether oxygens (including phenoxy) is 1. The molecule has 0 radical (unpaired) electrons. The Morgan fingerprint density at radius 1 is 1.02 bits per heavy atom. The fraction of sp³-hybridized carbons (Fsp3) is 0.333. The number of anilines is 1. The fourth-order valence-corrected chi connectivity index (χ4v) is 6.45. The van der Waals surface area contributed by atoms with Crippen LogP contribution in [-0.2, 0) is 26.2 Å². The third-order valence-electron chi connectivity index (χ3n) is 6.90.